The van der Waals surface area contributed by atoms with E-state index in [1.54, 1.807) is 0 Å². The zero-order chi connectivity index (χ0) is 17.8. The molecular formula is C3H5Al2NO13S3. The minimum atomic E-state index is -5.17. The molecule has 0 rings (SSSR count). The third kappa shape index (κ3) is 2000. The number of hydrogen-bond acceptors (Lipinski definition) is 13. The second kappa shape index (κ2) is 17.2. The maximum Gasteiger partial charge on any atom is 3.00 e. The van der Waals surface area contributed by atoms with Crippen LogP contribution in [0, 0.1) is 0 Å². The van der Waals surface area contributed by atoms with Crippen molar-refractivity contribution < 1.29 is 57.4 Å². The number of nitrogens with two attached hydrogens (primary N) is 1. The topological polar surface area (TPSA) is 284 Å². The van der Waals surface area contributed by atoms with Gasteiger partial charge >= 0.3 is 34.7 Å². The molecule has 0 fully saturated rings. The Balaban J connectivity index is -0.0000000376. The molecule has 22 heavy (non-hydrogen) atoms. The van der Waals surface area contributed by atoms with E-state index in [-0.39, 0.29) is 34.7 Å². The fraction of sp³-hybridized carbons (Fsp3) is 0. The Morgan fingerprint density at radius 3 is 0.773 bits per heavy atom. The van der Waals surface area contributed by atoms with Gasteiger partial charge in [-0.2, -0.15) is 0 Å². The van der Waals surface area contributed by atoms with E-state index in [9.17, 15) is 4.79 Å². The van der Waals surface area contributed by atoms with Crippen LogP contribution in [0.25, 0.3) is 0 Å². The van der Waals surface area contributed by atoms with Crippen molar-refractivity contribution in [3.05, 3.63) is 12.7 Å². The minimum absolute atomic E-state index is 0. The van der Waals surface area contributed by atoms with E-state index in [1.807, 2.05) is 0 Å². The van der Waals surface area contributed by atoms with Crippen LogP contribution < -0.4 is 5.73 Å². The van der Waals surface area contributed by atoms with Gasteiger partial charge in [-0.3, -0.25) is 30.0 Å². The molecular weight excluding hydrogens is 408 g/mol. The second-order valence-corrected chi connectivity index (χ2v) is 4.28. The van der Waals surface area contributed by atoms with Crippen molar-refractivity contribution in [1.82, 2.24) is 0 Å². The van der Waals surface area contributed by atoms with Gasteiger partial charge in [0.2, 0.25) is 5.91 Å². The molecule has 0 bridgehead atoms. The first-order valence-corrected chi connectivity index (χ1v) is 7.19. The first kappa shape index (κ1) is 37.8. The number of primary amides is 1. The van der Waals surface area contributed by atoms with Crippen LogP contribution >= 0.6 is 0 Å². The Hall–Kier alpha value is -0.115. The van der Waals surface area contributed by atoms with Crippen LogP contribution in [0.15, 0.2) is 12.7 Å². The Morgan fingerprint density at radius 2 is 0.773 bits per heavy atom. The number of hydrogen-bond donors (Lipinski definition) is 1. The summed E-state index contributed by atoms with van der Waals surface area (Å²) >= 11 is 0. The molecule has 19 heteroatoms. The summed E-state index contributed by atoms with van der Waals surface area (Å²) in [5.41, 5.74) is 4.53. The van der Waals surface area contributed by atoms with Crippen LogP contribution in [0.4, 0.5) is 0 Å². The van der Waals surface area contributed by atoms with Gasteiger partial charge in [0.1, 0.15) is 0 Å². The summed E-state index contributed by atoms with van der Waals surface area (Å²) in [6.45, 7) is 3.09. The predicted octanol–water partition coefficient (Wildman–Crippen LogP) is -5.12. The van der Waals surface area contributed by atoms with E-state index in [2.05, 4.69) is 12.3 Å². The molecule has 0 aliphatic heterocycles. The van der Waals surface area contributed by atoms with Crippen LogP contribution in [0.1, 0.15) is 0 Å². The maximum absolute atomic E-state index is 9.47. The first-order chi connectivity index (χ1) is 8.27. The molecule has 14 nitrogen and oxygen atoms in total. The second-order valence-electron chi connectivity index (χ2n) is 1.83. The summed E-state index contributed by atoms with van der Waals surface area (Å²) in [6, 6.07) is 0. The molecule has 0 radical (unpaired) electrons. The van der Waals surface area contributed by atoms with E-state index in [4.69, 9.17) is 52.6 Å². The van der Waals surface area contributed by atoms with E-state index in [0.29, 0.717) is 0 Å². The molecule has 0 aromatic heterocycles. The van der Waals surface area contributed by atoms with Crippen LogP contribution in [0.5, 0.6) is 0 Å². The number of carbonyl (C=O) groups excluding carboxylic acids is 1. The molecule has 124 valence electrons. The Morgan fingerprint density at radius 1 is 0.727 bits per heavy atom. The van der Waals surface area contributed by atoms with Gasteiger partial charge in [0, 0.05) is 31.2 Å². The Bertz CT molecular complexity index is 481. The van der Waals surface area contributed by atoms with E-state index < -0.39 is 37.1 Å². The molecule has 1 amide bonds. The molecule has 0 atom stereocenters. The molecule has 0 heterocycles. The fourth-order valence-electron chi connectivity index (χ4n) is 0. The maximum atomic E-state index is 9.47. The molecule has 0 saturated carbocycles. The van der Waals surface area contributed by atoms with Crippen molar-refractivity contribution in [2.45, 2.75) is 0 Å². The number of amides is 1. The molecule has 0 saturated heterocycles. The van der Waals surface area contributed by atoms with Crippen molar-refractivity contribution in [2.24, 2.45) is 5.73 Å². The first-order valence-electron chi connectivity index (χ1n) is 3.19. The van der Waals surface area contributed by atoms with E-state index in [1.165, 1.54) is 0 Å². The van der Waals surface area contributed by atoms with Crippen molar-refractivity contribution >= 4 is 71.8 Å². The van der Waals surface area contributed by atoms with E-state index >= 15 is 0 Å². The summed E-state index contributed by atoms with van der Waals surface area (Å²) < 4.78 is 102. The summed E-state index contributed by atoms with van der Waals surface area (Å²) in [5.74, 6) is -0.481. The van der Waals surface area contributed by atoms with Gasteiger partial charge in [-0.1, -0.05) is 6.58 Å². The van der Waals surface area contributed by atoms with Crippen molar-refractivity contribution in [3.63, 3.8) is 0 Å². The molecule has 0 unspecified atom stereocenters. The summed E-state index contributed by atoms with van der Waals surface area (Å²) in [6.07, 6.45) is 1.06. The summed E-state index contributed by atoms with van der Waals surface area (Å²) in [4.78, 5) is 9.47. The van der Waals surface area contributed by atoms with Gasteiger partial charge in [0.15, 0.2) is 0 Å². The predicted molar refractivity (Wildman–Crippen MR) is 62.3 cm³/mol. The number of carbonyl (C=O) groups is 1. The Labute approximate surface area is 147 Å². The van der Waals surface area contributed by atoms with Gasteiger partial charge in [0.25, 0.3) is 0 Å². The molecule has 0 aliphatic carbocycles. The third-order valence-corrected chi connectivity index (χ3v) is 0.201. The van der Waals surface area contributed by atoms with Gasteiger partial charge in [-0.15, -0.1) is 0 Å². The van der Waals surface area contributed by atoms with Crippen molar-refractivity contribution in [2.75, 3.05) is 0 Å². The normalized spacial score (nSPS) is 9.36. The zero-order valence-electron chi connectivity index (χ0n) is 10.0. The quantitative estimate of drug-likeness (QED) is 0.182. The van der Waals surface area contributed by atoms with Crippen LogP contribution in [0.3, 0.4) is 0 Å². The van der Waals surface area contributed by atoms with Crippen LogP contribution in [-0.2, 0) is 36.0 Å². The number of rotatable bonds is 1. The van der Waals surface area contributed by atoms with Gasteiger partial charge < -0.3 is 33.1 Å². The molecule has 0 aromatic rings. The van der Waals surface area contributed by atoms with Crippen LogP contribution in [-0.4, -0.2) is 93.2 Å². The zero-order valence-corrected chi connectivity index (χ0v) is 14.8. The van der Waals surface area contributed by atoms with Crippen LogP contribution in [0.2, 0.25) is 0 Å². The fourth-order valence-corrected chi connectivity index (χ4v) is 0. The molecule has 0 spiro atoms. The Kier molecular flexibility index (Phi) is 29.6. The van der Waals surface area contributed by atoms with Gasteiger partial charge in [-0.05, 0) is 6.08 Å². The minimum Gasteiger partial charge on any atom is -0.759 e. The standard InChI is InChI=1S/C3H5NO.2Al.3H2O4S/c1-2-3(4)5;;;3*1-5(2,3)4/h2H,1H2,(H2,4,5);;;3*(H2,1,2,3,4)/q;2*+3;;;/p-6. The van der Waals surface area contributed by atoms with Crippen molar-refractivity contribution in [1.29, 1.82) is 0 Å². The summed E-state index contributed by atoms with van der Waals surface area (Å²) in [5, 5.41) is 0. The third-order valence-electron chi connectivity index (χ3n) is 0.201. The van der Waals surface area contributed by atoms with Gasteiger partial charge in [0.05, 0.1) is 0 Å². The average molecular weight is 413 g/mol. The average Bonchev–Trinajstić information content (AvgIpc) is 1.93. The van der Waals surface area contributed by atoms with Gasteiger partial charge in [-0.25, -0.2) is 0 Å². The molecule has 0 aliphatic rings. The van der Waals surface area contributed by atoms with Crippen molar-refractivity contribution in [3.8, 4) is 0 Å². The smallest absolute Gasteiger partial charge is 0.759 e. The largest absolute Gasteiger partial charge is 3.00 e. The summed E-state index contributed by atoms with van der Waals surface area (Å²) in [7, 11) is -15.5. The molecule has 2 N–H and O–H groups in total. The molecule has 0 aromatic carbocycles. The SMILES string of the molecule is C=CC(N)=O.O=S(=O)([O-])[O-].O=S(=O)([O-])[O-].O=S(=O)([O-])[O-].[Al+3].[Al+3]. The monoisotopic (exact) mass is 413 g/mol. The van der Waals surface area contributed by atoms with E-state index in [0.717, 1.165) is 6.08 Å².